The number of fused-ring (bicyclic) bond motifs is 1. The van der Waals surface area contributed by atoms with Gasteiger partial charge in [0.15, 0.2) is 0 Å². The molecule has 0 aromatic heterocycles. The van der Waals surface area contributed by atoms with Gasteiger partial charge in [-0.15, -0.1) is 0 Å². The number of Topliss-reactive ketones (excluding diaryl/α,β-unsaturated/α-hetero) is 1. The first-order chi connectivity index (χ1) is 9.48. The molecule has 3 atom stereocenters. The molecule has 2 heteroatoms. The van der Waals surface area contributed by atoms with Crippen molar-refractivity contribution in [3.05, 3.63) is 10.8 Å². The molecule has 0 spiro atoms. The number of rotatable bonds is 2. The van der Waals surface area contributed by atoms with Crippen LogP contribution in [0.25, 0.3) is 0 Å². The van der Waals surface area contributed by atoms with E-state index in [9.17, 15) is 4.79 Å². The second-order valence-electron chi connectivity index (χ2n) is 9.09. The molecule has 0 bridgehead atoms. The van der Waals surface area contributed by atoms with Crippen LogP contribution in [-0.4, -0.2) is 13.9 Å². The van der Waals surface area contributed by atoms with E-state index < -0.39 is 8.07 Å². The van der Waals surface area contributed by atoms with Crippen LogP contribution in [0.1, 0.15) is 67.2 Å². The highest BCUT2D eigenvalue weighted by Gasteiger charge is 2.58. The number of ketones is 1. The molecule has 21 heavy (non-hydrogen) atoms. The van der Waals surface area contributed by atoms with E-state index in [1.54, 1.807) is 10.8 Å². The first-order valence-corrected chi connectivity index (χ1v) is 11.7. The predicted molar refractivity (Wildman–Crippen MR) is 94.1 cm³/mol. The normalized spacial score (nSPS) is 34.1. The molecule has 0 aromatic carbocycles. The summed E-state index contributed by atoms with van der Waals surface area (Å²) >= 11 is 0. The van der Waals surface area contributed by atoms with E-state index in [2.05, 4.69) is 47.7 Å². The fourth-order valence-electron chi connectivity index (χ4n) is 5.27. The minimum Gasteiger partial charge on any atom is -0.299 e. The highest BCUT2D eigenvalue weighted by atomic mass is 28.3. The van der Waals surface area contributed by atoms with Gasteiger partial charge < -0.3 is 0 Å². The summed E-state index contributed by atoms with van der Waals surface area (Å²) in [5.41, 5.74) is 1.54. The molecule has 1 fully saturated rings. The first-order valence-electron chi connectivity index (χ1n) is 8.70. The van der Waals surface area contributed by atoms with Gasteiger partial charge >= 0.3 is 0 Å². The summed E-state index contributed by atoms with van der Waals surface area (Å²) < 4.78 is 0. The Morgan fingerprint density at radius 2 is 1.81 bits per heavy atom. The van der Waals surface area contributed by atoms with Gasteiger partial charge in [0.1, 0.15) is 5.78 Å². The summed E-state index contributed by atoms with van der Waals surface area (Å²) in [5.74, 6) is 1.44. The number of carbonyl (C=O) groups is 1. The maximum Gasteiger partial charge on any atom is 0.137 e. The first kappa shape index (κ1) is 17.0. The van der Waals surface area contributed by atoms with Crippen molar-refractivity contribution in [3.8, 4) is 0 Å². The van der Waals surface area contributed by atoms with E-state index in [0.29, 0.717) is 22.7 Å². The lowest BCUT2D eigenvalue weighted by Gasteiger charge is -2.45. The summed E-state index contributed by atoms with van der Waals surface area (Å²) in [4.78, 5) is 12.7. The summed E-state index contributed by atoms with van der Waals surface area (Å²) in [6, 6.07) is 0. The van der Waals surface area contributed by atoms with Crippen LogP contribution in [0, 0.1) is 17.3 Å². The number of carbonyl (C=O) groups excluding carboxylic acids is 1. The average Bonchev–Trinajstić information content (AvgIpc) is 2.59. The highest BCUT2D eigenvalue weighted by Crippen LogP contribution is 2.62. The molecule has 0 aromatic rings. The minimum absolute atomic E-state index is 0.0623. The average molecular weight is 307 g/mol. The van der Waals surface area contributed by atoms with Crippen molar-refractivity contribution in [2.45, 2.75) is 85.4 Å². The lowest BCUT2D eigenvalue weighted by atomic mass is 9.61. The third-order valence-electron chi connectivity index (χ3n) is 7.31. The summed E-state index contributed by atoms with van der Waals surface area (Å²) in [6.45, 7) is 18.8. The molecule has 0 unspecified atom stereocenters. The molecular formula is C19H34OSi. The maximum atomic E-state index is 12.7. The van der Waals surface area contributed by atoms with Crippen LogP contribution in [-0.2, 0) is 4.79 Å². The molecule has 0 heterocycles. The molecule has 0 radical (unpaired) electrons. The molecule has 1 saturated carbocycles. The van der Waals surface area contributed by atoms with Crippen molar-refractivity contribution < 1.29 is 4.79 Å². The van der Waals surface area contributed by atoms with Crippen LogP contribution in [0.15, 0.2) is 10.8 Å². The fourth-order valence-corrected chi connectivity index (χ4v) is 8.58. The molecule has 0 amide bonds. The number of hydrogen-bond donors (Lipinski definition) is 0. The van der Waals surface area contributed by atoms with Crippen molar-refractivity contribution in [3.63, 3.8) is 0 Å². The predicted octanol–water partition coefficient (Wildman–Crippen LogP) is 5.77. The second-order valence-corrected chi connectivity index (χ2v) is 14.4. The van der Waals surface area contributed by atoms with Gasteiger partial charge in [-0.3, -0.25) is 4.79 Å². The van der Waals surface area contributed by atoms with E-state index in [1.807, 2.05) is 6.92 Å². The molecule has 1 nitrogen and oxygen atoms in total. The number of hydrogen-bond acceptors (Lipinski definition) is 1. The highest BCUT2D eigenvalue weighted by molar-refractivity contribution is 6.87. The Bertz CT molecular complexity index is 480. The molecule has 2 aliphatic rings. The van der Waals surface area contributed by atoms with Crippen LogP contribution in [0.5, 0.6) is 0 Å². The largest absolute Gasteiger partial charge is 0.299 e. The standard InChI is InChI=1S/C19H34OSi/c1-13-16-11-9-10-12-19(16,15(3)20)14(2)17(13)21(7,8)18(4,5)6/h14,16H,9-12H2,1-8H3/t14-,16+,19-/m1/s1. The van der Waals surface area contributed by atoms with E-state index in [1.165, 1.54) is 19.3 Å². The van der Waals surface area contributed by atoms with Gasteiger partial charge in [0, 0.05) is 5.41 Å². The van der Waals surface area contributed by atoms with Crippen LogP contribution in [0.2, 0.25) is 18.1 Å². The Morgan fingerprint density at radius 1 is 1.24 bits per heavy atom. The van der Waals surface area contributed by atoms with Crippen LogP contribution in [0.4, 0.5) is 0 Å². The van der Waals surface area contributed by atoms with E-state index >= 15 is 0 Å². The Hall–Kier alpha value is -0.373. The third-order valence-corrected chi connectivity index (χ3v) is 13.2. The minimum atomic E-state index is -1.55. The third kappa shape index (κ3) is 2.20. The summed E-state index contributed by atoms with van der Waals surface area (Å²) in [6.07, 6.45) is 4.88. The zero-order valence-electron chi connectivity index (χ0n) is 15.4. The molecule has 2 rings (SSSR count). The Labute approximate surface area is 132 Å². The molecular weight excluding hydrogens is 272 g/mol. The lowest BCUT2D eigenvalue weighted by molar-refractivity contribution is -0.132. The van der Waals surface area contributed by atoms with Gasteiger partial charge in [-0.05, 0) is 43.6 Å². The Morgan fingerprint density at radius 3 is 2.24 bits per heavy atom. The molecule has 0 saturated heterocycles. The topological polar surface area (TPSA) is 17.1 Å². The van der Waals surface area contributed by atoms with Crippen molar-refractivity contribution in [1.82, 2.24) is 0 Å². The zero-order valence-corrected chi connectivity index (χ0v) is 16.4. The van der Waals surface area contributed by atoms with Crippen LogP contribution in [0.3, 0.4) is 0 Å². The maximum absolute atomic E-state index is 12.7. The monoisotopic (exact) mass is 306 g/mol. The van der Waals surface area contributed by atoms with Crippen molar-refractivity contribution in [2.75, 3.05) is 0 Å². The van der Waals surface area contributed by atoms with E-state index in [-0.39, 0.29) is 5.41 Å². The van der Waals surface area contributed by atoms with Crippen molar-refractivity contribution >= 4 is 13.9 Å². The van der Waals surface area contributed by atoms with Crippen molar-refractivity contribution in [2.24, 2.45) is 17.3 Å². The SMILES string of the molecule is CC(=O)[C@]12CCCC[C@H]1C(C)=C([Si](C)(C)C(C)(C)C)[C@H]2C. The van der Waals surface area contributed by atoms with Crippen molar-refractivity contribution in [1.29, 1.82) is 0 Å². The molecule has 0 N–H and O–H groups in total. The molecule has 120 valence electrons. The van der Waals surface area contributed by atoms with Gasteiger partial charge in [0.2, 0.25) is 0 Å². The van der Waals surface area contributed by atoms with E-state index in [0.717, 1.165) is 6.42 Å². The van der Waals surface area contributed by atoms with Gasteiger partial charge in [0.05, 0.1) is 8.07 Å². The molecule has 0 aliphatic heterocycles. The van der Waals surface area contributed by atoms with Crippen LogP contribution >= 0.6 is 0 Å². The van der Waals surface area contributed by atoms with Gasteiger partial charge in [-0.1, -0.05) is 64.4 Å². The van der Waals surface area contributed by atoms with Crippen LogP contribution < -0.4 is 0 Å². The van der Waals surface area contributed by atoms with Gasteiger partial charge in [-0.2, -0.15) is 0 Å². The van der Waals surface area contributed by atoms with Gasteiger partial charge in [0.25, 0.3) is 0 Å². The lowest BCUT2D eigenvalue weighted by Crippen LogP contribution is -2.46. The second kappa shape index (κ2) is 5.08. The number of allylic oxidation sites excluding steroid dienone is 2. The summed E-state index contributed by atoms with van der Waals surface area (Å²) in [5, 5.41) is 2.07. The fraction of sp³-hybridized carbons (Fsp3) is 0.842. The summed E-state index contributed by atoms with van der Waals surface area (Å²) in [7, 11) is -1.55. The van der Waals surface area contributed by atoms with E-state index in [4.69, 9.17) is 0 Å². The Kier molecular flexibility index (Phi) is 4.11. The van der Waals surface area contributed by atoms with Gasteiger partial charge in [-0.25, -0.2) is 0 Å². The molecule has 2 aliphatic carbocycles. The quantitative estimate of drug-likeness (QED) is 0.592. The zero-order chi connectivity index (χ0) is 16.2. The smallest absolute Gasteiger partial charge is 0.137 e. The Balaban J connectivity index is 2.59.